The summed E-state index contributed by atoms with van der Waals surface area (Å²) >= 11 is 21.7. The predicted molar refractivity (Wildman–Crippen MR) is 147 cm³/mol. The monoisotopic (exact) mass is 622 g/mol. The number of imide groups is 2. The highest BCUT2D eigenvalue weighted by Gasteiger charge is 2.37. The van der Waals surface area contributed by atoms with Crippen molar-refractivity contribution in [2.45, 2.75) is 13.5 Å². The molecule has 3 aromatic carbocycles. The maximum atomic E-state index is 13.3. The van der Waals surface area contributed by atoms with Crippen LogP contribution in [0.2, 0.25) is 15.1 Å². The molecule has 4 rings (SSSR count). The second kappa shape index (κ2) is 11.1. The molecule has 11 heteroatoms. The van der Waals surface area contributed by atoms with Crippen molar-refractivity contribution in [2.75, 3.05) is 12.0 Å². The third-order valence-corrected chi connectivity index (χ3v) is 6.87. The molecule has 0 aromatic heterocycles. The number of anilines is 1. The molecule has 0 unspecified atom stereocenters. The second-order valence-electron chi connectivity index (χ2n) is 7.95. The number of halogens is 4. The number of ether oxygens (including phenoxy) is 2. The molecule has 1 aliphatic rings. The van der Waals surface area contributed by atoms with E-state index in [0.29, 0.717) is 42.2 Å². The largest absolute Gasteiger partial charge is 0.493 e. The van der Waals surface area contributed by atoms with E-state index in [-0.39, 0.29) is 17.9 Å². The molecular formula is C26H18BrCl3N2O5. The van der Waals surface area contributed by atoms with Gasteiger partial charge in [0.25, 0.3) is 11.8 Å². The number of barbiturate groups is 1. The molecule has 0 bridgehead atoms. The molecule has 0 atom stereocenters. The van der Waals surface area contributed by atoms with Crippen LogP contribution in [0.1, 0.15) is 16.7 Å². The van der Waals surface area contributed by atoms with E-state index in [9.17, 15) is 14.4 Å². The first-order chi connectivity index (χ1) is 17.6. The Kier molecular flexibility index (Phi) is 8.14. The Morgan fingerprint density at radius 2 is 1.70 bits per heavy atom. The maximum Gasteiger partial charge on any atom is 0.335 e. The van der Waals surface area contributed by atoms with E-state index >= 15 is 0 Å². The van der Waals surface area contributed by atoms with Gasteiger partial charge in [0.15, 0.2) is 11.5 Å². The number of nitrogens with zero attached hydrogens (tertiary/aromatic N) is 1. The minimum Gasteiger partial charge on any atom is -0.493 e. The van der Waals surface area contributed by atoms with E-state index in [1.54, 1.807) is 49.4 Å². The molecule has 1 fully saturated rings. The molecule has 0 aliphatic carbocycles. The lowest BCUT2D eigenvalue weighted by Crippen LogP contribution is -2.54. The molecule has 190 valence electrons. The minimum atomic E-state index is -0.860. The third-order valence-electron chi connectivity index (χ3n) is 5.46. The average Bonchev–Trinajstić information content (AvgIpc) is 2.83. The van der Waals surface area contributed by atoms with Crippen LogP contribution in [-0.4, -0.2) is 25.0 Å². The molecule has 1 saturated heterocycles. The van der Waals surface area contributed by atoms with Gasteiger partial charge in [-0.2, -0.15) is 0 Å². The van der Waals surface area contributed by atoms with E-state index in [0.717, 1.165) is 10.5 Å². The molecule has 0 radical (unpaired) electrons. The standard InChI is InChI=1S/C26H18BrCl3N2O5/c1-13-3-5-17(29)11-21(13)32-25(34)18(24(33)31-26(32)35)7-14-8-19(27)23(22(9-14)36-2)37-12-15-4-6-16(28)10-20(15)30/h3-11H,12H2,1-2H3,(H,31,33,35)/b18-7+. The molecule has 1 N–H and O–H groups in total. The number of hydrogen-bond acceptors (Lipinski definition) is 5. The average molecular weight is 625 g/mol. The Morgan fingerprint density at radius 1 is 1.00 bits per heavy atom. The van der Waals surface area contributed by atoms with Gasteiger partial charge >= 0.3 is 6.03 Å². The van der Waals surface area contributed by atoms with E-state index in [1.807, 2.05) is 0 Å². The molecule has 4 amide bonds. The number of urea groups is 1. The summed E-state index contributed by atoms with van der Waals surface area (Å²) in [5.74, 6) is -0.874. The van der Waals surface area contributed by atoms with Crippen LogP contribution in [0.4, 0.5) is 10.5 Å². The third kappa shape index (κ3) is 5.78. The van der Waals surface area contributed by atoms with Crippen molar-refractivity contribution in [3.63, 3.8) is 0 Å². The number of nitrogens with one attached hydrogen (secondary N) is 1. The van der Waals surface area contributed by atoms with Gasteiger partial charge in [0.05, 0.1) is 17.3 Å². The molecule has 0 spiro atoms. The Balaban J connectivity index is 1.66. The van der Waals surface area contributed by atoms with E-state index in [4.69, 9.17) is 44.3 Å². The minimum absolute atomic E-state index is 0.141. The van der Waals surface area contributed by atoms with E-state index < -0.39 is 17.8 Å². The van der Waals surface area contributed by atoms with Gasteiger partial charge in [-0.15, -0.1) is 0 Å². The van der Waals surface area contributed by atoms with Gasteiger partial charge in [-0.3, -0.25) is 14.9 Å². The highest BCUT2D eigenvalue weighted by atomic mass is 79.9. The fourth-order valence-corrected chi connectivity index (χ4v) is 4.82. The van der Waals surface area contributed by atoms with Crippen LogP contribution in [0.25, 0.3) is 6.08 Å². The second-order valence-corrected chi connectivity index (χ2v) is 10.1. The Hall–Kier alpha value is -3.04. The van der Waals surface area contributed by atoms with Crippen molar-refractivity contribution in [3.05, 3.63) is 90.3 Å². The van der Waals surface area contributed by atoms with Crippen LogP contribution >= 0.6 is 50.7 Å². The Labute approximate surface area is 236 Å². The topological polar surface area (TPSA) is 84.9 Å². The molecule has 7 nitrogen and oxygen atoms in total. The zero-order valence-corrected chi connectivity index (χ0v) is 23.3. The smallest absolute Gasteiger partial charge is 0.335 e. The van der Waals surface area contributed by atoms with Crippen molar-refractivity contribution in [2.24, 2.45) is 0 Å². The van der Waals surface area contributed by atoms with Crippen molar-refractivity contribution >= 4 is 80.3 Å². The van der Waals surface area contributed by atoms with Crippen LogP contribution < -0.4 is 19.7 Å². The van der Waals surface area contributed by atoms with Gasteiger partial charge in [0.1, 0.15) is 12.2 Å². The molecule has 1 heterocycles. The predicted octanol–water partition coefficient (Wildman–Crippen LogP) is 6.97. The van der Waals surface area contributed by atoms with E-state index in [1.165, 1.54) is 19.3 Å². The number of carbonyl (C=O) groups is 3. The van der Waals surface area contributed by atoms with Gasteiger partial charge in [0.2, 0.25) is 0 Å². The summed E-state index contributed by atoms with van der Waals surface area (Å²) in [4.78, 5) is 39.3. The highest BCUT2D eigenvalue weighted by Crippen LogP contribution is 2.38. The first-order valence-corrected chi connectivity index (χ1v) is 12.6. The molecule has 1 aliphatic heterocycles. The summed E-state index contributed by atoms with van der Waals surface area (Å²) in [6.45, 7) is 1.87. The van der Waals surface area contributed by atoms with Crippen LogP contribution in [0, 0.1) is 6.92 Å². The van der Waals surface area contributed by atoms with Crippen molar-refractivity contribution in [3.8, 4) is 11.5 Å². The SMILES string of the molecule is COc1cc(/C=C2\C(=O)NC(=O)N(c3cc(Cl)ccc3C)C2=O)cc(Br)c1OCc1ccc(Cl)cc1Cl. The summed E-state index contributed by atoms with van der Waals surface area (Å²) in [5.41, 5.74) is 1.84. The lowest BCUT2D eigenvalue weighted by atomic mass is 10.1. The fraction of sp³-hybridized carbons (Fsp3) is 0.115. The maximum absolute atomic E-state index is 13.3. The summed E-state index contributed by atoms with van der Waals surface area (Å²) in [6, 6.07) is 12.3. The number of methoxy groups -OCH3 is 1. The quantitative estimate of drug-likeness (QED) is 0.237. The normalized spacial score (nSPS) is 14.7. The lowest BCUT2D eigenvalue weighted by molar-refractivity contribution is -0.122. The van der Waals surface area contributed by atoms with Crippen LogP contribution in [0.5, 0.6) is 11.5 Å². The fourth-order valence-electron chi connectivity index (χ4n) is 3.62. The number of hydrogen-bond donors (Lipinski definition) is 1. The van der Waals surface area contributed by atoms with Gasteiger partial charge < -0.3 is 9.47 Å². The number of benzene rings is 3. The van der Waals surface area contributed by atoms with Gasteiger partial charge in [-0.05, 0) is 76.5 Å². The van der Waals surface area contributed by atoms with Crippen LogP contribution in [0.15, 0.2) is 58.6 Å². The van der Waals surface area contributed by atoms with Crippen LogP contribution in [0.3, 0.4) is 0 Å². The van der Waals surface area contributed by atoms with Crippen molar-refractivity contribution in [1.29, 1.82) is 0 Å². The first-order valence-electron chi connectivity index (χ1n) is 10.7. The molecule has 3 aromatic rings. The van der Waals surface area contributed by atoms with Gasteiger partial charge in [-0.25, -0.2) is 9.69 Å². The van der Waals surface area contributed by atoms with Crippen molar-refractivity contribution in [1.82, 2.24) is 5.32 Å². The summed E-state index contributed by atoms with van der Waals surface area (Å²) in [7, 11) is 1.46. The zero-order chi connectivity index (χ0) is 26.9. The molecular weight excluding hydrogens is 607 g/mol. The highest BCUT2D eigenvalue weighted by molar-refractivity contribution is 9.10. The van der Waals surface area contributed by atoms with E-state index in [2.05, 4.69) is 21.2 Å². The first kappa shape index (κ1) is 27.0. The number of rotatable bonds is 6. The summed E-state index contributed by atoms with van der Waals surface area (Å²) < 4.78 is 11.9. The number of aryl methyl sites for hydroxylation is 1. The molecule has 0 saturated carbocycles. The van der Waals surface area contributed by atoms with Gasteiger partial charge in [0, 0.05) is 20.6 Å². The molecule has 37 heavy (non-hydrogen) atoms. The Bertz CT molecular complexity index is 1470. The lowest BCUT2D eigenvalue weighted by Gasteiger charge is -2.27. The van der Waals surface area contributed by atoms with Crippen LogP contribution in [-0.2, 0) is 16.2 Å². The summed E-state index contributed by atoms with van der Waals surface area (Å²) in [5, 5.41) is 3.51. The number of amides is 4. The van der Waals surface area contributed by atoms with Gasteiger partial charge in [-0.1, -0.05) is 46.9 Å². The number of carbonyl (C=O) groups excluding carboxylic acids is 3. The summed E-state index contributed by atoms with van der Waals surface area (Å²) in [6.07, 6.45) is 1.37. The Morgan fingerprint density at radius 3 is 2.41 bits per heavy atom. The van der Waals surface area contributed by atoms with Crippen molar-refractivity contribution < 1.29 is 23.9 Å². The zero-order valence-electron chi connectivity index (χ0n) is 19.4.